The van der Waals surface area contributed by atoms with Crippen molar-refractivity contribution in [3.8, 4) is 6.07 Å². The molecule has 1 unspecified atom stereocenters. The molecule has 0 fully saturated rings. The van der Waals surface area contributed by atoms with E-state index in [2.05, 4.69) is 11.4 Å². The summed E-state index contributed by atoms with van der Waals surface area (Å²) in [5.74, 6) is 0. The summed E-state index contributed by atoms with van der Waals surface area (Å²) >= 11 is 18.1. The average Bonchev–Trinajstić information content (AvgIpc) is 2.43. The second-order valence-electron chi connectivity index (χ2n) is 4.32. The Bertz CT molecular complexity index is 677. The van der Waals surface area contributed by atoms with Crippen LogP contribution in [0.15, 0.2) is 36.4 Å². The molecule has 2 rings (SSSR count). The number of halogens is 3. The monoisotopic (exact) mass is 324 g/mol. The molecule has 2 aromatic rings. The number of rotatable bonds is 3. The van der Waals surface area contributed by atoms with Crippen LogP contribution in [0.2, 0.25) is 15.1 Å². The maximum absolute atomic E-state index is 8.97. The Labute approximate surface area is 132 Å². The van der Waals surface area contributed by atoms with Crippen molar-refractivity contribution in [3.05, 3.63) is 62.6 Å². The highest BCUT2D eigenvalue weighted by Crippen LogP contribution is 2.32. The summed E-state index contributed by atoms with van der Waals surface area (Å²) in [5, 5.41) is 13.7. The summed E-state index contributed by atoms with van der Waals surface area (Å²) in [5.41, 5.74) is 2.13. The first-order valence-corrected chi connectivity index (χ1v) is 7.06. The van der Waals surface area contributed by atoms with Crippen LogP contribution in [0.4, 0.5) is 5.69 Å². The highest BCUT2D eigenvalue weighted by Gasteiger charge is 2.12. The molecule has 0 radical (unpaired) electrons. The Hall–Kier alpha value is -1.40. The van der Waals surface area contributed by atoms with Crippen LogP contribution in [0.5, 0.6) is 0 Å². The molecule has 0 heterocycles. The lowest BCUT2D eigenvalue weighted by molar-refractivity contribution is 0.885. The zero-order valence-electron chi connectivity index (χ0n) is 10.6. The molecule has 0 spiro atoms. The molecule has 0 aromatic heterocycles. The highest BCUT2D eigenvalue weighted by molar-refractivity contribution is 6.42. The largest absolute Gasteiger partial charge is 0.378 e. The fourth-order valence-corrected chi connectivity index (χ4v) is 2.51. The van der Waals surface area contributed by atoms with E-state index in [1.165, 1.54) is 0 Å². The van der Waals surface area contributed by atoms with E-state index in [9.17, 15) is 0 Å². The van der Waals surface area contributed by atoms with Gasteiger partial charge in [-0.05, 0) is 36.8 Å². The third kappa shape index (κ3) is 3.19. The molecule has 1 atom stereocenters. The fraction of sp³-hybridized carbons (Fsp3) is 0.133. The molecule has 2 nitrogen and oxygen atoms in total. The lowest BCUT2D eigenvalue weighted by Crippen LogP contribution is -2.07. The molecule has 1 N–H and O–H groups in total. The number of hydrogen-bond acceptors (Lipinski definition) is 2. The number of anilines is 1. The van der Waals surface area contributed by atoms with Gasteiger partial charge >= 0.3 is 0 Å². The summed E-state index contributed by atoms with van der Waals surface area (Å²) in [6.45, 7) is 1.97. The van der Waals surface area contributed by atoms with Crippen LogP contribution in [-0.2, 0) is 0 Å². The summed E-state index contributed by atoms with van der Waals surface area (Å²) in [4.78, 5) is 0. The predicted molar refractivity (Wildman–Crippen MR) is 84.7 cm³/mol. The first kappa shape index (κ1) is 15.0. The van der Waals surface area contributed by atoms with Crippen LogP contribution in [0.3, 0.4) is 0 Å². The van der Waals surface area contributed by atoms with Crippen molar-refractivity contribution in [2.45, 2.75) is 13.0 Å². The molecule has 0 saturated carbocycles. The van der Waals surface area contributed by atoms with Gasteiger partial charge in [-0.3, -0.25) is 0 Å². The molecule has 102 valence electrons. The number of hydrogen-bond donors (Lipinski definition) is 1. The van der Waals surface area contributed by atoms with E-state index in [0.717, 1.165) is 11.3 Å². The predicted octanol–water partition coefficient (Wildman–Crippen LogP) is 5.69. The molecular weight excluding hydrogens is 315 g/mol. The maximum atomic E-state index is 8.97. The van der Waals surface area contributed by atoms with E-state index in [1.54, 1.807) is 18.2 Å². The van der Waals surface area contributed by atoms with Crippen molar-refractivity contribution in [1.82, 2.24) is 0 Å². The first-order valence-electron chi connectivity index (χ1n) is 5.93. The van der Waals surface area contributed by atoms with Gasteiger partial charge in [0.1, 0.15) is 6.07 Å². The van der Waals surface area contributed by atoms with Gasteiger partial charge in [-0.1, -0.05) is 46.9 Å². The third-order valence-corrected chi connectivity index (χ3v) is 4.08. The van der Waals surface area contributed by atoms with Crippen molar-refractivity contribution in [2.24, 2.45) is 0 Å². The summed E-state index contributed by atoms with van der Waals surface area (Å²) in [6.07, 6.45) is 0. The maximum Gasteiger partial charge on any atom is 0.101 e. The molecule has 0 aliphatic carbocycles. The van der Waals surface area contributed by atoms with Gasteiger partial charge in [0.2, 0.25) is 0 Å². The van der Waals surface area contributed by atoms with E-state index in [0.29, 0.717) is 20.6 Å². The topological polar surface area (TPSA) is 35.8 Å². The van der Waals surface area contributed by atoms with E-state index in [-0.39, 0.29) is 6.04 Å². The molecule has 0 saturated heterocycles. The molecular formula is C15H11Cl3N2. The number of nitriles is 1. The normalized spacial score (nSPS) is 11.8. The lowest BCUT2D eigenvalue weighted by Gasteiger charge is -2.18. The van der Waals surface area contributed by atoms with E-state index >= 15 is 0 Å². The Morgan fingerprint density at radius 1 is 1.10 bits per heavy atom. The van der Waals surface area contributed by atoms with E-state index in [4.69, 9.17) is 40.1 Å². The first-order chi connectivity index (χ1) is 9.52. The molecule has 0 aliphatic heterocycles. The smallest absolute Gasteiger partial charge is 0.101 e. The molecule has 0 bridgehead atoms. The second kappa shape index (κ2) is 6.37. The quantitative estimate of drug-likeness (QED) is 0.786. The van der Waals surface area contributed by atoms with Crippen LogP contribution >= 0.6 is 34.8 Å². The Morgan fingerprint density at radius 2 is 1.85 bits per heavy atom. The minimum atomic E-state index is -0.0473. The summed E-state index contributed by atoms with van der Waals surface area (Å²) < 4.78 is 0. The van der Waals surface area contributed by atoms with Crippen molar-refractivity contribution < 1.29 is 0 Å². The third-order valence-electron chi connectivity index (χ3n) is 2.92. The highest BCUT2D eigenvalue weighted by atomic mass is 35.5. The molecule has 0 amide bonds. The van der Waals surface area contributed by atoms with Gasteiger partial charge in [-0.25, -0.2) is 0 Å². The van der Waals surface area contributed by atoms with Crippen molar-refractivity contribution in [2.75, 3.05) is 5.32 Å². The van der Waals surface area contributed by atoms with Crippen LogP contribution < -0.4 is 5.32 Å². The zero-order valence-corrected chi connectivity index (χ0v) is 12.9. The van der Waals surface area contributed by atoms with E-state index in [1.807, 2.05) is 25.1 Å². The van der Waals surface area contributed by atoms with Gasteiger partial charge in [0, 0.05) is 5.69 Å². The Kier molecular flexibility index (Phi) is 4.77. The number of nitrogens with zero attached hydrogens (tertiary/aromatic N) is 1. The molecule has 20 heavy (non-hydrogen) atoms. The Balaban J connectivity index is 2.26. The molecule has 0 aliphatic rings. The average molecular weight is 326 g/mol. The van der Waals surface area contributed by atoms with Crippen LogP contribution in [-0.4, -0.2) is 0 Å². The minimum absolute atomic E-state index is 0.0473. The fourth-order valence-electron chi connectivity index (χ4n) is 1.88. The van der Waals surface area contributed by atoms with Gasteiger partial charge in [-0.2, -0.15) is 5.26 Å². The van der Waals surface area contributed by atoms with Gasteiger partial charge in [0.05, 0.1) is 26.7 Å². The second-order valence-corrected chi connectivity index (χ2v) is 5.51. The summed E-state index contributed by atoms with van der Waals surface area (Å²) in [6, 6.07) is 12.7. The van der Waals surface area contributed by atoms with Gasteiger partial charge in [0.25, 0.3) is 0 Å². The van der Waals surface area contributed by atoms with E-state index < -0.39 is 0 Å². The molecule has 2 aromatic carbocycles. The number of benzene rings is 2. The summed E-state index contributed by atoms with van der Waals surface area (Å²) in [7, 11) is 0. The number of nitrogens with one attached hydrogen (secondary N) is 1. The van der Waals surface area contributed by atoms with Gasteiger partial charge in [0.15, 0.2) is 0 Å². The SMILES string of the molecule is CC(Nc1ccc(Cl)c(C#N)c1)c1cccc(Cl)c1Cl. The van der Waals surface area contributed by atoms with Crippen molar-refractivity contribution in [3.63, 3.8) is 0 Å². The molecule has 5 heteroatoms. The van der Waals surface area contributed by atoms with Crippen LogP contribution in [0, 0.1) is 11.3 Å². The van der Waals surface area contributed by atoms with Crippen molar-refractivity contribution >= 4 is 40.5 Å². The van der Waals surface area contributed by atoms with Crippen LogP contribution in [0.1, 0.15) is 24.1 Å². The van der Waals surface area contributed by atoms with Crippen LogP contribution in [0.25, 0.3) is 0 Å². The zero-order chi connectivity index (χ0) is 14.7. The lowest BCUT2D eigenvalue weighted by atomic mass is 10.1. The van der Waals surface area contributed by atoms with Gasteiger partial charge in [-0.15, -0.1) is 0 Å². The van der Waals surface area contributed by atoms with Gasteiger partial charge < -0.3 is 5.32 Å². The minimum Gasteiger partial charge on any atom is -0.378 e. The Morgan fingerprint density at radius 3 is 2.55 bits per heavy atom. The standard InChI is InChI=1S/C15H11Cl3N2/c1-9(12-3-2-4-14(17)15(12)18)20-11-5-6-13(16)10(7-11)8-19/h2-7,9,20H,1H3. The van der Waals surface area contributed by atoms with Crippen molar-refractivity contribution in [1.29, 1.82) is 5.26 Å².